The first-order valence-electron chi connectivity index (χ1n) is 9.28. The molecule has 1 atom stereocenters. The van der Waals surface area contributed by atoms with E-state index in [1.54, 1.807) is 0 Å². The summed E-state index contributed by atoms with van der Waals surface area (Å²) in [7, 11) is 0. The number of nitrogens with zero attached hydrogens (tertiary/aromatic N) is 3. The fourth-order valence-electron chi connectivity index (χ4n) is 4.07. The van der Waals surface area contributed by atoms with E-state index < -0.39 is 12.0 Å². The number of amides is 1. The summed E-state index contributed by atoms with van der Waals surface area (Å²) in [6.45, 7) is 2.53. The van der Waals surface area contributed by atoms with Gasteiger partial charge in [-0.05, 0) is 57.6 Å². The SMILES string of the molecule is Cc1ccc(-n2nc(C(=O)N3CCCC3C(=O)O)c3c2CCCC3)cc1. The molecule has 136 valence electrons. The summed E-state index contributed by atoms with van der Waals surface area (Å²) in [6, 6.07) is 7.37. The molecule has 6 nitrogen and oxygen atoms in total. The molecule has 6 heteroatoms. The van der Waals surface area contributed by atoms with Crippen LogP contribution in [0.5, 0.6) is 0 Å². The van der Waals surface area contributed by atoms with E-state index in [1.165, 1.54) is 10.5 Å². The van der Waals surface area contributed by atoms with Gasteiger partial charge in [0.2, 0.25) is 0 Å². The highest BCUT2D eigenvalue weighted by Gasteiger charge is 2.37. The molecule has 26 heavy (non-hydrogen) atoms. The molecule has 1 fully saturated rings. The molecule has 0 spiro atoms. The third-order valence-electron chi connectivity index (χ3n) is 5.46. The van der Waals surface area contributed by atoms with Gasteiger partial charge in [0, 0.05) is 17.8 Å². The quantitative estimate of drug-likeness (QED) is 0.921. The number of carbonyl (C=O) groups excluding carboxylic acids is 1. The molecule has 0 bridgehead atoms. The van der Waals surface area contributed by atoms with Crippen LogP contribution in [0.1, 0.15) is 53.0 Å². The van der Waals surface area contributed by atoms with Crippen LogP contribution in [0.25, 0.3) is 5.69 Å². The summed E-state index contributed by atoms with van der Waals surface area (Å²) in [4.78, 5) is 26.1. The number of hydrogen-bond acceptors (Lipinski definition) is 3. The Hall–Kier alpha value is -2.63. The largest absolute Gasteiger partial charge is 0.480 e. The molecule has 1 aliphatic carbocycles. The van der Waals surface area contributed by atoms with Crippen molar-refractivity contribution < 1.29 is 14.7 Å². The monoisotopic (exact) mass is 353 g/mol. The molecule has 2 heterocycles. The summed E-state index contributed by atoms with van der Waals surface area (Å²) in [5, 5.41) is 14.1. The van der Waals surface area contributed by atoms with Gasteiger partial charge in [-0.15, -0.1) is 0 Å². The number of hydrogen-bond donors (Lipinski definition) is 1. The summed E-state index contributed by atoms with van der Waals surface area (Å²) in [6.07, 6.45) is 5.08. The second kappa shape index (κ2) is 6.59. The number of fused-ring (bicyclic) bond motifs is 1. The number of aromatic nitrogens is 2. The normalized spacial score (nSPS) is 19.4. The highest BCUT2D eigenvalue weighted by Crippen LogP contribution is 2.29. The lowest BCUT2D eigenvalue weighted by atomic mass is 9.95. The van der Waals surface area contributed by atoms with Gasteiger partial charge in [-0.25, -0.2) is 9.48 Å². The molecule has 1 aromatic carbocycles. The van der Waals surface area contributed by atoms with Crippen molar-refractivity contribution in [2.75, 3.05) is 6.54 Å². The summed E-state index contributed by atoms with van der Waals surface area (Å²) < 4.78 is 1.88. The fourth-order valence-corrected chi connectivity index (χ4v) is 4.07. The summed E-state index contributed by atoms with van der Waals surface area (Å²) in [5.74, 6) is -1.17. The Morgan fingerprint density at radius 3 is 2.58 bits per heavy atom. The van der Waals surface area contributed by atoms with Gasteiger partial charge in [-0.3, -0.25) is 4.79 Å². The number of carboxylic acids is 1. The van der Waals surface area contributed by atoms with E-state index in [-0.39, 0.29) is 5.91 Å². The molecule has 2 aromatic rings. The predicted molar refractivity (Wildman–Crippen MR) is 96.6 cm³/mol. The first kappa shape index (κ1) is 16.8. The lowest BCUT2D eigenvalue weighted by Crippen LogP contribution is -2.41. The molecule has 0 saturated carbocycles. The third-order valence-corrected chi connectivity index (χ3v) is 5.46. The zero-order valence-electron chi connectivity index (χ0n) is 14.9. The highest BCUT2D eigenvalue weighted by atomic mass is 16.4. The second-order valence-corrected chi connectivity index (χ2v) is 7.22. The van der Waals surface area contributed by atoms with E-state index >= 15 is 0 Å². The molecule has 1 N–H and O–H groups in total. The van der Waals surface area contributed by atoms with Gasteiger partial charge in [-0.2, -0.15) is 5.10 Å². The van der Waals surface area contributed by atoms with Crippen LogP contribution in [0.2, 0.25) is 0 Å². The average molecular weight is 353 g/mol. The van der Waals surface area contributed by atoms with Crippen LogP contribution in [0.15, 0.2) is 24.3 Å². The van der Waals surface area contributed by atoms with E-state index in [0.717, 1.165) is 49.0 Å². The molecule has 2 aliphatic rings. The molecule has 1 saturated heterocycles. The maximum absolute atomic E-state index is 13.1. The zero-order chi connectivity index (χ0) is 18.3. The Bertz CT molecular complexity index is 854. The highest BCUT2D eigenvalue weighted by molar-refractivity contribution is 5.97. The molecule has 4 rings (SSSR count). The standard InChI is InChI=1S/C20H23N3O3/c1-13-8-10-14(11-9-13)23-16-6-3-2-5-15(16)18(21-23)19(24)22-12-4-7-17(22)20(25)26/h8-11,17H,2-7,12H2,1H3,(H,25,26). The van der Waals surface area contributed by atoms with E-state index in [9.17, 15) is 14.7 Å². The van der Waals surface area contributed by atoms with Gasteiger partial charge in [0.15, 0.2) is 5.69 Å². The Morgan fingerprint density at radius 1 is 1.12 bits per heavy atom. The van der Waals surface area contributed by atoms with E-state index in [0.29, 0.717) is 18.7 Å². The molecule has 1 unspecified atom stereocenters. The Labute approximate surface area is 152 Å². The maximum atomic E-state index is 13.1. The first-order chi connectivity index (χ1) is 12.6. The van der Waals surface area contributed by atoms with Crippen molar-refractivity contribution in [1.82, 2.24) is 14.7 Å². The smallest absolute Gasteiger partial charge is 0.326 e. The number of rotatable bonds is 3. The van der Waals surface area contributed by atoms with Gasteiger partial charge >= 0.3 is 5.97 Å². The van der Waals surface area contributed by atoms with Gasteiger partial charge in [0.1, 0.15) is 6.04 Å². The zero-order valence-corrected chi connectivity index (χ0v) is 14.9. The Morgan fingerprint density at radius 2 is 1.85 bits per heavy atom. The minimum Gasteiger partial charge on any atom is -0.480 e. The van der Waals surface area contributed by atoms with Crippen LogP contribution in [0, 0.1) is 6.92 Å². The number of benzene rings is 1. The minimum atomic E-state index is -0.928. The van der Waals surface area contributed by atoms with Crippen LogP contribution in [-0.4, -0.2) is 44.3 Å². The molecule has 1 amide bonds. The van der Waals surface area contributed by atoms with Crippen LogP contribution in [0.3, 0.4) is 0 Å². The first-order valence-corrected chi connectivity index (χ1v) is 9.28. The summed E-state index contributed by atoms with van der Waals surface area (Å²) >= 11 is 0. The molecule has 0 radical (unpaired) electrons. The Kier molecular flexibility index (Phi) is 4.26. The van der Waals surface area contributed by atoms with Crippen LogP contribution >= 0.6 is 0 Å². The molecular formula is C20H23N3O3. The topological polar surface area (TPSA) is 75.4 Å². The number of carboxylic acid groups (broad SMARTS) is 1. The molecule has 1 aliphatic heterocycles. The van der Waals surface area contributed by atoms with Crippen molar-refractivity contribution in [1.29, 1.82) is 0 Å². The van der Waals surface area contributed by atoms with Crippen molar-refractivity contribution >= 4 is 11.9 Å². The van der Waals surface area contributed by atoms with Crippen molar-refractivity contribution in [3.05, 3.63) is 46.8 Å². The van der Waals surface area contributed by atoms with Gasteiger partial charge in [0.05, 0.1) is 5.69 Å². The average Bonchev–Trinajstić information content (AvgIpc) is 3.27. The van der Waals surface area contributed by atoms with Crippen molar-refractivity contribution in [2.45, 2.75) is 51.5 Å². The maximum Gasteiger partial charge on any atom is 0.326 e. The molecule has 1 aromatic heterocycles. The number of carbonyl (C=O) groups is 2. The van der Waals surface area contributed by atoms with Crippen LogP contribution < -0.4 is 0 Å². The third kappa shape index (κ3) is 2.79. The predicted octanol–water partition coefficient (Wildman–Crippen LogP) is 2.75. The van der Waals surface area contributed by atoms with Gasteiger partial charge < -0.3 is 10.0 Å². The van der Waals surface area contributed by atoms with E-state index in [1.807, 2.05) is 35.9 Å². The van der Waals surface area contributed by atoms with Gasteiger partial charge in [0.25, 0.3) is 5.91 Å². The number of aliphatic carboxylic acids is 1. The lowest BCUT2D eigenvalue weighted by Gasteiger charge is -2.21. The van der Waals surface area contributed by atoms with Gasteiger partial charge in [-0.1, -0.05) is 17.7 Å². The van der Waals surface area contributed by atoms with Crippen molar-refractivity contribution in [2.24, 2.45) is 0 Å². The molecular weight excluding hydrogens is 330 g/mol. The number of aryl methyl sites for hydroxylation is 1. The lowest BCUT2D eigenvalue weighted by molar-refractivity contribution is -0.141. The van der Waals surface area contributed by atoms with Crippen LogP contribution in [-0.2, 0) is 17.6 Å². The van der Waals surface area contributed by atoms with Crippen LogP contribution in [0.4, 0.5) is 0 Å². The number of likely N-dealkylation sites (tertiary alicyclic amines) is 1. The fraction of sp³-hybridized carbons (Fsp3) is 0.450. The van der Waals surface area contributed by atoms with Crippen molar-refractivity contribution in [3.8, 4) is 5.69 Å². The minimum absolute atomic E-state index is 0.237. The van der Waals surface area contributed by atoms with E-state index in [4.69, 9.17) is 0 Å². The second-order valence-electron chi connectivity index (χ2n) is 7.22. The van der Waals surface area contributed by atoms with Crippen molar-refractivity contribution in [3.63, 3.8) is 0 Å². The summed E-state index contributed by atoms with van der Waals surface area (Å²) in [5.41, 5.74) is 4.65. The Balaban J connectivity index is 1.76. The van der Waals surface area contributed by atoms with E-state index in [2.05, 4.69) is 5.10 Å².